The summed E-state index contributed by atoms with van der Waals surface area (Å²) in [6, 6.07) is 5.57. The molecular formula is C19H22N6O2. The number of carbonyl (C=O) groups excluding carboxylic acids is 2. The number of aryl methyl sites for hydroxylation is 1. The van der Waals surface area contributed by atoms with Crippen LogP contribution in [0.4, 0.5) is 0 Å². The Bertz CT molecular complexity index is 1020. The van der Waals surface area contributed by atoms with Crippen LogP contribution >= 0.6 is 0 Å². The van der Waals surface area contributed by atoms with Crippen LogP contribution in [0, 0.1) is 12.8 Å². The van der Waals surface area contributed by atoms with Crippen molar-refractivity contribution in [1.29, 1.82) is 0 Å². The Morgan fingerprint density at radius 1 is 1.30 bits per heavy atom. The first-order valence-electron chi connectivity index (χ1n) is 8.92. The van der Waals surface area contributed by atoms with E-state index in [0.717, 1.165) is 16.8 Å². The Balaban J connectivity index is 1.53. The van der Waals surface area contributed by atoms with Gasteiger partial charge in [-0.1, -0.05) is 6.07 Å². The first-order chi connectivity index (χ1) is 13.0. The molecule has 2 atom stereocenters. The number of nitrogens with zero attached hydrogens (tertiary/aromatic N) is 5. The summed E-state index contributed by atoms with van der Waals surface area (Å²) in [5.41, 5.74) is 2.91. The van der Waals surface area contributed by atoms with E-state index in [1.54, 1.807) is 20.2 Å². The normalized spacial score (nSPS) is 19.8. The molecule has 0 spiro atoms. The number of rotatable bonds is 4. The molecule has 0 aromatic carbocycles. The van der Waals surface area contributed by atoms with E-state index in [-0.39, 0.29) is 23.8 Å². The van der Waals surface area contributed by atoms with Crippen LogP contribution in [0.15, 0.2) is 36.8 Å². The molecule has 3 aromatic rings. The fraction of sp³-hybridized carbons (Fsp3) is 0.368. The number of nitrogens with one attached hydrogen (secondary N) is 1. The number of imidazole rings is 1. The van der Waals surface area contributed by atoms with Gasteiger partial charge in [-0.3, -0.25) is 18.7 Å². The molecule has 3 aromatic heterocycles. The van der Waals surface area contributed by atoms with Crippen LogP contribution in [0.2, 0.25) is 0 Å². The van der Waals surface area contributed by atoms with Crippen LogP contribution in [0.1, 0.15) is 34.3 Å². The number of likely N-dealkylation sites (tertiary alicyclic amines) is 1. The lowest BCUT2D eigenvalue weighted by Crippen LogP contribution is -2.33. The minimum atomic E-state index is -0.245. The maximum absolute atomic E-state index is 12.6. The molecule has 0 aliphatic carbocycles. The molecule has 1 saturated heterocycles. The Morgan fingerprint density at radius 2 is 2.11 bits per heavy atom. The highest BCUT2D eigenvalue weighted by Gasteiger charge is 2.40. The predicted molar refractivity (Wildman–Crippen MR) is 99.1 cm³/mol. The van der Waals surface area contributed by atoms with Gasteiger partial charge in [-0.05, 0) is 19.1 Å². The monoisotopic (exact) mass is 366 g/mol. The molecule has 1 aliphatic rings. The third-order valence-electron chi connectivity index (χ3n) is 5.45. The maximum Gasteiger partial charge on any atom is 0.287 e. The van der Waals surface area contributed by atoms with Crippen LogP contribution in [0.5, 0.6) is 0 Å². The van der Waals surface area contributed by atoms with Gasteiger partial charge in [0.15, 0.2) is 0 Å². The van der Waals surface area contributed by atoms with Gasteiger partial charge in [0, 0.05) is 50.4 Å². The van der Waals surface area contributed by atoms with Gasteiger partial charge in [-0.15, -0.1) is 0 Å². The average molecular weight is 366 g/mol. The lowest BCUT2D eigenvalue weighted by Gasteiger charge is -2.25. The van der Waals surface area contributed by atoms with Gasteiger partial charge in [0.05, 0.1) is 24.0 Å². The minimum absolute atomic E-state index is 0.0134. The zero-order valence-corrected chi connectivity index (χ0v) is 15.6. The fourth-order valence-electron chi connectivity index (χ4n) is 3.82. The molecule has 0 bridgehead atoms. The molecule has 0 radical (unpaired) electrons. The molecule has 1 fully saturated rings. The number of hydrogen-bond donors (Lipinski definition) is 1. The van der Waals surface area contributed by atoms with Crippen LogP contribution in [0.25, 0.3) is 5.52 Å². The van der Waals surface area contributed by atoms with E-state index >= 15 is 0 Å². The van der Waals surface area contributed by atoms with E-state index in [1.807, 2.05) is 51.6 Å². The zero-order valence-electron chi connectivity index (χ0n) is 15.6. The number of hydrogen-bond acceptors (Lipinski definition) is 4. The van der Waals surface area contributed by atoms with Crippen molar-refractivity contribution in [2.24, 2.45) is 13.0 Å². The minimum Gasteiger partial charge on any atom is -0.349 e. The summed E-state index contributed by atoms with van der Waals surface area (Å²) in [6.45, 7) is 2.39. The van der Waals surface area contributed by atoms with Crippen molar-refractivity contribution in [3.8, 4) is 0 Å². The van der Waals surface area contributed by atoms with Gasteiger partial charge in [0.1, 0.15) is 0 Å². The first-order valence-corrected chi connectivity index (χ1v) is 8.92. The van der Waals surface area contributed by atoms with E-state index in [2.05, 4.69) is 15.4 Å². The highest BCUT2D eigenvalue weighted by molar-refractivity contribution is 5.91. The summed E-state index contributed by atoms with van der Waals surface area (Å²) in [5.74, 6) is 0.164. The smallest absolute Gasteiger partial charge is 0.287 e. The molecule has 4 heterocycles. The van der Waals surface area contributed by atoms with Gasteiger partial charge < -0.3 is 10.2 Å². The summed E-state index contributed by atoms with van der Waals surface area (Å²) in [4.78, 5) is 30.9. The molecule has 4 rings (SSSR count). The second kappa shape index (κ2) is 6.53. The van der Waals surface area contributed by atoms with Crippen molar-refractivity contribution in [2.75, 3.05) is 13.6 Å². The lowest BCUT2D eigenvalue weighted by atomic mass is 9.94. The van der Waals surface area contributed by atoms with Gasteiger partial charge in [-0.25, -0.2) is 4.98 Å². The van der Waals surface area contributed by atoms with Gasteiger partial charge in [-0.2, -0.15) is 5.10 Å². The van der Waals surface area contributed by atoms with Crippen molar-refractivity contribution in [3.63, 3.8) is 0 Å². The SMILES string of the molecule is Cc1c([C@@H]2[C@@H](CNC(=O)c3ncc4ccccn34)CC(=O)N2C)cnn1C. The zero-order chi connectivity index (χ0) is 19.1. The number of aromatic nitrogens is 4. The molecular weight excluding hydrogens is 344 g/mol. The summed E-state index contributed by atoms with van der Waals surface area (Å²) >= 11 is 0. The van der Waals surface area contributed by atoms with E-state index in [4.69, 9.17) is 0 Å². The molecule has 8 heteroatoms. The van der Waals surface area contributed by atoms with Crippen molar-refractivity contribution in [2.45, 2.75) is 19.4 Å². The quantitative estimate of drug-likeness (QED) is 0.755. The molecule has 140 valence electrons. The van der Waals surface area contributed by atoms with Crippen molar-refractivity contribution < 1.29 is 9.59 Å². The number of carbonyl (C=O) groups is 2. The summed E-state index contributed by atoms with van der Waals surface area (Å²) in [7, 11) is 3.69. The molecule has 0 unspecified atom stereocenters. The summed E-state index contributed by atoms with van der Waals surface area (Å²) < 4.78 is 3.56. The molecule has 27 heavy (non-hydrogen) atoms. The van der Waals surface area contributed by atoms with Crippen LogP contribution in [-0.2, 0) is 11.8 Å². The summed E-state index contributed by atoms with van der Waals surface area (Å²) in [6.07, 6.45) is 5.69. The number of fused-ring (bicyclic) bond motifs is 1. The Labute approximate surface area is 156 Å². The van der Waals surface area contributed by atoms with Gasteiger partial charge in [0.25, 0.3) is 5.91 Å². The molecule has 0 saturated carbocycles. The largest absolute Gasteiger partial charge is 0.349 e. The number of pyridine rings is 1. The van der Waals surface area contributed by atoms with E-state index in [9.17, 15) is 9.59 Å². The molecule has 1 N–H and O–H groups in total. The molecule has 1 aliphatic heterocycles. The molecule has 8 nitrogen and oxygen atoms in total. The van der Waals surface area contributed by atoms with Gasteiger partial charge >= 0.3 is 0 Å². The standard InChI is InChI=1S/C19H22N6O2/c1-12-15(11-22-24(12)3)17-13(8-16(26)23(17)2)9-21-19(27)18-20-10-14-6-4-5-7-25(14)18/h4-7,10-11,13,17H,8-9H2,1-3H3,(H,21,27)/t13-,17+/m1/s1. The third kappa shape index (κ3) is 2.87. The Kier molecular flexibility index (Phi) is 4.18. The van der Waals surface area contributed by atoms with E-state index < -0.39 is 0 Å². The highest BCUT2D eigenvalue weighted by Crippen LogP contribution is 2.37. The maximum atomic E-state index is 12.6. The van der Waals surface area contributed by atoms with Gasteiger partial charge in [0.2, 0.25) is 11.7 Å². The predicted octanol–water partition coefficient (Wildman–Crippen LogP) is 1.33. The topological polar surface area (TPSA) is 84.5 Å². The molecule has 2 amide bonds. The van der Waals surface area contributed by atoms with Crippen molar-refractivity contribution in [3.05, 3.63) is 53.9 Å². The second-order valence-electron chi connectivity index (χ2n) is 7.01. The average Bonchev–Trinajstić information content (AvgIpc) is 3.31. The lowest BCUT2D eigenvalue weighted by molar-refractivity contribution is -0.127. The summed E-state index contributed by atoms with van der Waals surface area (Å²) in [5, 5.41) is 7.26. The van der Waals surface area contributed by atoms with E-state index in [0.29, 0.717) is 18.8 Å². The van der Waals surface area contributed by atoms with Crippen molar-refractivity contribution in [1.82, 2.24) is 29.4 Å². The van der Waals surface area contributed by atoms with Crippen molar-refractivity contribution >= 4 is 17.3 Å². The Morgan fingerprint density at radius 3 is 2.85 bits per heavy atom. The number of amides is 2. The Hall–Kier alpha value is -3.16. The second-order valence-corrected chi connectivity index (χ2v) is 7.01. The fourth-order valence-corrected chi connectivity index (χ4v) is 3.82. The van der Waals surface area contributed by atoms with E-state index in [1.165, 1.54) is 0 Å². The van der Waals surface area contributed by atoms with Crippen LogP contribution < -0.4 is 5.32 Å². The van der Waals surface area contributed by atoms with Crippen LogP contribution in [-0.4, -0.2) is 49.5 Å². The van der Waals surface area contributed by atoms with Crippen LogP contribution in [0.3, 0.4) is 0 Å². The highest BCUT2D eigenvalue weighted by atomic mass is 16.2. The third-order valence-corrected chi connectivity index (χ3v) is 5.45. The first kappa shape index (κ1) is 17.3.